The van der Waals surface area contributed by atoms with Crippen LogP contribution in [0.5, 0.6) is 0 Å². The van der Waals surface area contributed by atoms with Gasteiger partial charge < -0.3 is 10.6 Å². The Bertz CT molecular complexity index is 360. The highest BCUT2D eigenvalue weighted by atomic mass is 32.1. The summed E-state index contributed by atoms with van der Waals surface area (Å²) in [7, 11) is 0. The summed E-state index contributed by atoms with van der Waals surface area (Å²) < 4.78 is 37.3. The maximum Gasteiger partial charge on any atom is 0.406 e. The van der Waals surface area contributed by atoms with E-state index in [0.717, 1.165) is 4.88 Å². The van der Waals surface area contributed by atoms with Crippen molar-refractivity contribution in [3.63, 3.8) is 0 Å². The van der Waals surface area contributed by atoms with Gasteiger partial charge >= 0.3 is 6.18 Å². The Hall–Kier alpha value is -0.820. The Labute approximate surface area is 102 Å². The molecule has 1 atom stereocenters. The summed E-state index contributed by atoms with van der Waals surface area (Å²) >= 11 is 1.21. The molecule has 0 saturated heterocycles. The topological polar surface area (TPSA) is 42.1 Å². The molecule has 3 nitrogen and oxygen atoms in total. The van der Waals surface area contributed by atoms with E-state index < -0.39 is 12.7 Å². The van der Waals surface area contributed by atoms with Gasteiger partial charge in [-0.1, -0.05) is 0 Å². The molecular formula is C10H16F3N3S. The quantitative estimate of drug-likeness (QED) is 0.912. The predicted octanol–water partition coefficient (Wildman–Crippen LogP) is 2.94. The molecule has 2 N–H and O–H groups in total. The van der Waals surface area contributed by atoms with Crippen LogP contribution in [0.2, 0.25) is 0 Å². The van der Waals surface area contributed by atoms with E-state index in [1.807, 2.05) is 0 Å². The molecule has 0 radical (unpaired) electrons. The van der Waals surface area contributed by atoms with Crippen molar-refractivity contribution in [3.8, 4) is 0 Å². The van der Waals surface area contributed by atoms with Crippen LogP contribution >= 0.6 is 11.3 Å². The molecule has 0 bridgehead atoms. The van der Waals surface area contributed by atoms with Crippen LogP contribution in [0.25, 0.3) is 0 Å². The van der Waals surface area contributed by atoms with E-state index in [1.54, 1.807) is 20.8 Å². The molecule has 1 aromatic rings. The Morgan fingerprint density at radius 1 is 1.41 bits per heavy atom. The third-order valence-electron chi connectivity index (χ3n) is 2.18. The van der Waals surface area contributed by atoms with Gasteiger partial charge in [0.1, 0.15) is 6.54 Å². The van der Waals surface area contributed by atoms with Crippen LogP contribution < -0.4 is 10.6 Å². The zero-order valence-electron chi connectivity index (χ0n) is 9.95. The fraction of sp³-hybridized carbons (Fsp3) is 0.700. The van der Waals surface area contributed by atoms with Crippen LogP contribution in [-0.4, -0.2) is 23.7 Å². The first-order chi connectivity index (χ1) is 7.70. The Morgan fingerprint density at radius 2 is 2.00 bits per heavy atom. The zero-order valence-corrected chi connectivity index (χ0v) is 10.8. The number of thiazole rings is 1. The fourth-order valence-corrected chi connectivity index (χ4v) is 2.28. The van der Waals surface area contributed by atoms with E-state index in [1.165, 1.54) is 22.4 Å². The van der Waals surface area contributed by atoms with Gasteiger partial charge in [-0.25, -0.2) is 4.98 Å². The molecular weight excluding hydrogens is 251 g/mol. The first-order valence-electron chi connectivity index (χ1n) is 5.25. The highest BCUT2D eigenvalue weighted by molar-refractivity contribution is 7.15. The first kappa shape index (κ1) is 14.2. The molecule has 7 heteroatoms. The lowest BCUT2D eigenvalue weighted by Gasteiger charge is -2.27. The van der Waals surface area contributed by atoms with Gasteiger partial charge in [-0.2, -0.15) is 13.2 Å². The molecule has 0 aliphatic rings. The lowest BCUT2D eigenvalue weighted by molar-refractivity contribution is -0.120. The minimum atomic E-state index is -4.23. The number of anilines is 1. The van der Waals surface area contributed by atoms with Crippen molar-refractivity contribution < 1.29 is 13.2 Å². The first-order valence-corrected chi connectivity index (χ1v) is 6.07. The second kappa shape index (κ2) is 5.22. The summed E-state index contributed by atoms with van der Waals surface area (Å²) in [6.07, 6.45) is -2.69. The van der Waals surface area contributed by atoms with E-state index in [0.29, 0.717) is 5.13 Å². The average molecular weight is 267 g/mol. The van der Waals surface area contributed by atoms with Gasteiger partial charge in [0.25, 0.3) is 0 Å². The molecule has 0 fully saturated rings. The minimum Gasteiger partial charge on any atom is -0.337 e. The van der Waals surface area contributed by atoms with E-state index in [2.05, 4.69) is 4.98 Å². The molecule has 0 spiro atoms. The number of nitrogens with zero attached hydrogens (tertiary/aromatic N) is 2. The smallest absolute Gasteiger partial charge is 0.337 e. The largest absolute Gasteiger partial charge is 0.406 e. The lowest BCUT2D eigenvalue weighted by Crippen LogP contribution is -2.39. The van der Waals surface area contributed by atoms with Gasteiger partial charge in [-0.05, 0) is 20.8 Å². The maximum atomic E-state index is 12.4. The number of nitrogens with two attached hydrogens (primary N) is 1. The van der Waals surface area contributed by atoms with Crippen LogP contribution in [0, 0.1) is 0 Å². The molecule has 1 heterocycles. The molecule has 1 rings (SSSR count). The summed E-state index contributed by atoms with van der Waals surface area (Å²) in [6, 6.07) is -0.468. The van der Waals surface area contributed by atoms with Crippen molar-refractivity contribution in [2.75, 3.05) is 11.4 Å². The van der Waals surface area contributed by atoms with Gasteiger partial charge in [0.05, 0.1) is 0 Å². The van der Waals surface area contributed by atoms with E-state index in [-0.39, 0.29) is 12.1 Å². The van der Waals surface area contributed by atoms with Gasteiger partial charge in [0.2, 0.25) is 0 Å². The summed E-state index contributed by atoms with van der Waals surface area (Å²) in [4.78, 5) is 6.03. The summed E-state index contributed by atoms with van der Waals surface area (Å²) in [5.41, 5.74) is 5.66. The van der Waals surface area contributed by atoms with Crippen LogP contribution in [0.1, 0.15) is 31.7 Å². The van der Waals surface area contributed by atoms with Crippen LogP contribution in [0.15, 0.2) is 6.20 Å². The van der Waals surface area contributed by atoms with Crippen molar-refractivity contribution >= 4 is 16.5 Å². The molecule has 98 valence electrons. The molecule has 0 aliphatic heterocycles. The summed E-state index contributed by atoms with van der Waals surface area (Å²) in [6.45, 7) is 4.20. The number of halogens is 3. The fourth-order valence-electron chi connectivity index (χ4n) is 1.28. The van der Waals surface area contributed by atoms with Gasteiger partial charge in [-0.15, -0.1) is 11.3 Å². The van der Waals surface area contributed by atoms with Gasteiger partial charge in [0, 0.05) is 23.2 Å². The van der Waals surface area contributed by atoms with Crippen molar-refractivity contribution in [1.82, 2.24) is 4.98 Å². The SMILES string of the molecule is CC(N)c1cnc(N(CC(F)(F)F)C(C)C)s1. The third kappa shape index (κ3) is 4.16. The normalized spacial score (nSPS) is 14.1. The molecule has 17 heavy (non-hydrogen) atoms. The highest BCUT2D eigenvalue weighted by Gasteiger charge is 2.33. The number of aromatic nitrogens is 1. The Kier molecular flexibility index (Phi) is 4.37. The molecule has 0 aromatic carbocycles. The van der Waals surface area contributed by atoms with Crippen molar-refractivity contribution in [2.24, 2.45) is 5.73 Å². The summed E-state index contributed by atoms with van der Waals surface area (Å²) in [5, 5.41) is 0.365. The van der Waals surface area contributed by atoms with Crippen LogP contribution in [-0.2, 0) is 0 Å². The Morgan fingerprint density at radius 3 is 2.35 bits per heavy atom. The van der Waals surface area contributed by atoms with Crippen LogP contribution in [0.3, 0.4) is 0 Å². The number of hydrogen-bond acceptors (Lipinski definition) is 4. The van der Waals surface area contributed by atoms with E-state index >= 15 is 0 Å². The third-order valence-corrected chi connectivity index (χ3v) is 3.41. The van der Waals surface area contributed by atoms with Crippen molar-refractivity contribution in [2.45, 2.75) is 39.0 Å². The highest BCUT2D eigenvalue weighted by Crippen LogP contribution is 2.30. The Balaban J connectivity index is 2.90. The van der Waals surface area contributed by atoms with Gasteiger partial charge in [-0.3, -0.25) is 0 Å². The van der Waals surface area contributed by atoms with E-state index in [9.17, 15) is 13.2 Å². The number of rotatable bonds is 4. The maximum absolute atomic E-state index is 12.4. The monoisotopic (exact) mass is 267 g/mol. The minimum absolute atomic E-state index is 0.207. The number of alkyl halides is 3. The summed E-state index contributed by atoms with van der Waals surface area (Å²) in [5.74, 6) is 0. The average Bonchev–Trinajstić information content (AvgIpc) is 2.60. The molecule has 1 aromatic heterocycles. The predicted molar refractivity (Wildman–Crippen MR) is 63.3 cm³/mol. The standard InChI is InChI=1S/C10H16F3N3S/c1-6(2)16(5-10(11,12)13)9-15-4-8(17-9)7(3)14/h4,6-7H,5,14H2,1-3H3. The van der Waals surface area contributed by atoms with Crippen molar-refractivity contribution in [1.29, 1.82) is 0 Å². The molecule has 0 saturated carbocycles. The number of hydrogen-bond donors (Lipinski definition) is 1. The molecule has 0 amide bonds. The second-order valence-electron chi connectivity index (χ2n) is 4.17. The lowest BCUT2D eigenvalue weighted by atomic mass is 10.3. The second-order valence-corrected chi connectivity index (χ2v) is 5.21. The van der Waals surface area contributed by atoms with Gasteiger partial charge in [0.15, 0.2) is 5.13 Å². The van der Waals surface area contributed by atoms with Crippen molar-refractivity contribution in [3.05, 3.63) is 11.1 Å². The van der Waals surface area contributed by atoms with E-state index in [4.69, 9.17) is 5.73 Å². The molecule has 1 unspecified atom stereocenters. The zero-order chi connectivity index (χ0) is 13.2. The van der Waals surface area contributed by atoms with Crippen LogP contribution in [0.4, 0.5) is 18.3 Å². The molecule has 0 aliphatic carbocycles.